The molecule has 0 aromatic heterocycles. The second-order valence-corrected chi connectivity index (χ2v) is 5.71. The number of hydrogen-bond acceptors (Lipinski definition) is 3. The number of thioether (sulfide) groups is 1. The molecule has 1 aliphatic rings. The normalized spacial score (nSPS) is 14.9. The molecule has 1 N–H and O–H groups in total. The van der Waals surface area contributed by atoms with Gasteiger partial charge in [0, 0.05) is 43.2 Å². The number of nitrogens with zero attached hydrogens (tertiary/aromatic N) is 1. The highest BCUT2D eigenvalue weighted by atomic mass is 35.5. The summed E-state index contributed by atoms with van der Waals surface area (Å²) in [5, 5.41) is 3.26. The van der Waals surface area contributed by atoms with Crippen molar-refractivity contribution in [1.82, 2.24) is 10.2 Å². The van der Waals surface area contributed by atoms with E-state index in [1.54, 1.807) is 11.8 Å². The van der Waals surface area contributed by atoms with Crippen molar-refractivity contribution >= 4 is 30.1 Å². The van der Waals surface area contributed by atoms with Gasteiger partial charge in [-0.15, -0.1) is 24.2 Å². The van der Waals surface area contributed by atoms with Crippen molar-refractivity contribution in [2.45, 2.75) is 18.2 Å². The molecule has 0 unspecified atom stereocenters. The zero-order valence-electron chi connectivity index (χ0n) is 11.2. The highest BCUT2D eigenvalue weighted by Gasteiger charge is 2.15. The summed E-state index contributed by atoms with van der Waals surface area (Å²) in [6, 6.07) is 8.46. The van der Waals surface area contributed by atoms with Crippen LogP contribution in [0.1, 0.15) is 12.0 Å². The summed E-state index contributed by atoms with van der Waals surface area (Å²) in [5.41, 5.74) is 1.27. The molecule has 0 saturated carbocycles. The topological polar surface area (TPSA) is 32.3 Å². The lowest BCUT2D eigenvalue weighted by Gasteiger charge is -2.27. The zero-order chi connectivity index (χ0) is 12.8. The number of amides is 1. The Bertz CT molecular complexity index is 391. The first-order valence-electron chi connectivity index (χ1n) is 6.44. The van der Waals surface area contributed by atoms with Crippen molar-refractivity contribution < 1.29 is 4.79 Å². The SMILES string of the molecule is Cc1ccc(SCCC(=O)N2CCNCC2)cc1.Cl. The first kappa shape index (κ1) is 16.3. The Labute approximate surface area is 125 Å². The zero-order valence-corrected chi connectivity index (χ0v) is 12.9. The minimum atomic E-state index is 0. The first-order valence-corrected chi connectivity index (χ1v) is 7.42. The lowest BCUT2D eigenvalue weighted by molar-refractivity contribution is -0.131. The van der Waals surface area contributed by atoms with Crippen LogP contribution in [0.4, 0.5) is 0 Å². The van der Waals surface area contributed by atoms with Gasteiger partial charge in [-0.1, -0.05) is 17.7 Å². The molecule has 1 fully saturated rings. The van der Waals surface area contributed by atoms with Crippen molar-refractivity contribution in [1.29, 1.82) is 0 Å². The maximum absolute atomic E-state index is 11.9. The Balaban J connectivity index is 0.00000180. The maximum atomic E-state index is 11.9. The molecule has 3 nitrogen and oxygen atoms in total. The summed E-state index contributed by atoms with van der Waals surface area (Å²) in [6.07, 6.45) is 0.637. The molecule has 106 valence electrons. The molecule has 1 aromatic carbocycles. The molecule has 19 heavy (non-hydrogen) atoms. The van der Waals surface area contributed by atoms with E-state index < -0.39 is 0 Å². The Morgan fingerprint density at radius 1 is 1.26 bits per heavy atom. The molecule has 0 bridgehead atoms. The van der Waals surface area contributed by atoms with Gasteiger partial charge in [-0.3, -0.25) is 4.79 Å². The Morgan fingerprint density at radius 3 is 2.53 bits per heavy atom. The largest absolute Gasteiger partial charge is 0.340 e. The van der Waals surface area contributed by atoms with Crippen molar-refractivity contribution in [3.8, 4) is 0 Å². The molecule has 5 heteroatoms. The van der Waals surface area contributed by atoms with Gasteiger partial charge in [0.25, 0.3) is 0 Å². The van der Waals surface area contributed by atoms with E-state index in [4.69, 9.17) is 0 Å². The van der Waals surface area contributed by atoms with Gasteiger partial charge in [0.15, 0.2) is 0 Å². The summed E-state index contributed by atoms with van der Waals surface area (Å²) >= 11 is 1.76. The van der Waals surface area contributed by atoms with Crippen molar-refractivity contribution in [3.05, 3.63) is 29.8 Å². The molecule has 0 atom stereocenters. The molecule has 1 amide bonds. The third-order valence-corrected chi connectivity index (χ3v) is 4.09. The molecule has 1 aromatic rings. The van der Waals surface area contributed by atoms with E-state index in [1.807, 2.05) is 4.90 Å². The predicted molar refractivity (Wildman–Crippen MR) is 83.2 cm³/mol. The van der Waals surface area contributed by atoms with Crippen LogP contribution < -0.4 is 5.32 Å². The van der Waals surface area contributed by atoms with Crippen LogP contribution in [-0.2, 0) is 4.79 Å². The fourth-order valence-corrected chi connectivity index (χ4v) is 2.80. The van der Waals surface area contributed by atoms with Gasteiger partial charge < -0.3 is 10.2 Å². The quantitative estimate of drug-likeness (QED) is 0.866. The summed E-state index contributed by atoms with van der Waals surface area (Å²) in [5.74, 6) is 1.15. The molecule has 2 rings (SSSR count). The summed E-state index contributed by atoms with van der Waals surface area (Å²) in [7, 11) is 0. The molecular weight excluding hydrogens is 280 g/mol. The van der Waals surface area contributed by atoms with Crippen LogP contribution in [0, 0.1) is 6.92 Å². The van der Waals surface area contributed by atoms with E-state index in [0.29, 0.717) is 6.42 Å². The highest BCUT2D eigenvalue weighted by molar-refractivity contribution is 7.99. The smallest absolute Gasteiger partial charge is 0.223 e. The number of halogens is 1. The van der Waals surface area contributed by atoms with E-state index in [-0.39, 0.29) is 18.3 Å². The third kappa shape index (κ3) is 5.43. The molecular formula is C14H21ClN2OS. The molecule has 1 heterocycles. The number of hydrogen-bond donors (Lipinski definition) is 1. The lowest BCUT2D eigenvalue weighted by Crippen LogP contribution is -2.46. The third-order valence-electron chi connectivity index (χ3n) is 3.08. The summed E-state index contributed by atoms with van der Waals surface area (Å²) < 4.78 is 0. The van der Waals surface area contributed by atoms with Gasteiger partial charge in [0.2, 0.25) is 5.91 Å². The Kier molecular flexibility index (Phi) is 7.28. The maximum Gasteiger partial charge on any atom is 0.223 e. The van der Waals surface area contributed by atoms with Crippen LogP contribution >= 0.6 is 24.2 Å². The second kappa shape index (κ2) is 8.46. The summed E-state index contributed by atoms with van der Waals surface area (Å²) in [4.78, 5) is 15.1. The Morgan fingerprint density at radius 2 is 1.89 bits per heavy atom. The standard InChI is InChI=1S/C14H20N2OS.ClH/c1-12-2-4-13(5-3-12)18-11-6-14(17)16-9-7-15-8-10-16;/h2-5,15H,6-11H2,1H3;1H. The number of rotatable bonds is 4. The van der Waals surface area contributed by atoms with E-state index in [1.165, 1.54) is 10.5 Å². The first-order chi connectivity index (χ1) is 8.75. The van der Waals surface area contributed by atoms with Crippen LogP contribution in [-0.4, -0.2) is 42.7 Å². The van der Waals surface area contributed by atoms with Gasteiger partial charge in [-0.2, -0.15) is 0 Å². The van der Waals surface area contributed by atoms with Gasteiger partial charge in [-0.05, 0) is 19.1 Å². The second-order valence-electron chi connectivity index (χ2n) is 4.54. The van der Waals surface area contributed by atoms with Crippen molar-refractivity contribution in [3.63, 3.8) is 0 Å². The fraction of sp³-hybridized carbons (Fsp3) is 0.500. The van der Waals surface area contributed by atoms with Crippen molar-refractivity contribution in [2.24, 2.45) is 0 Å². The number of carbonyl (C=O) groups is 1. The molecule has 0 spiro atoms. The Hall–Kier alpha value is -0.710. The number of nitrogens with one attached hydrogen (secondary N) is 1. The fourth-order valence-electron chi connectivity index (χ4n) is 1.96. The van der Waals surface area contributed by atoms with Crippen LogP contribution in [0.25, 0.3) is 0 Å². The van der Waals surface area contributed by atoms with Crippen molar-refractivity contribution in [2.75, 3.05) is 31.9 Å². The minimum absolute atomic E-state index is 0. The number of carbonyl (C=O) groups excluding carboxylic acids is 1. The van der Waals surface area contributed by atoms with Gasteiger partial charge in [0.05, 0.1) is 0 Å². The average molecular weight is 301 g/mol. The van der Waals surface area contributed by atoms with Crippen LogP contribution in [0.3, 0.4) is 0 Å². The molecule has 1 saturated heterocycles. The van der Waals surface area contributed by atoms with E-state index in [9.17, 15) is 4.79 Å². The number of piperazine rings is 1. The number of aryl methyl sites for hydroxylation is 1. The van der Waals surface area contributed by atoms with Crippen LogP contribution in [0.15, 0.2) is 29.2 Å². The van der Waals surface area contributed by atoms with Gasteiger partial charge in [0.1, 0.15) is 0 Å². The van der Waals surface area contributed by atoms with Crippen LogP contribution in [0.5, 0.6) is 0 Å². The van der Waals surface area contributed by atoms with E-state index in [2.05, 4.69) is 36.5 Å². The van der Waals surface area contributed by atoms with Gasteiger partial charge >= 0.3 is 0 Å². The molecule has 1 aliphatic heterocycles. The van der Waals surface area contributed by atoms with Gasteiger partial charge in [-0.25, -0.2) is 0 Å². The monoisotopic (exact) mass is 300 g/mol. The minimum Gasteiger partial charge on any atom is -0.340 e. The van der Waals surface area contributed by atoms with E-state index in [0.717, 1.165) is 31.9 Å². The van der Waals surface area contributed by atoms with Crippen LogP contribution in [0.2, 0.25) is 0 Å². The predicted octanol–water partition coefficient (Wildman–Crippen LogP) is 2.33. The average Bonchev–Trinajstić information content (AvgIpc) is 2.42. The summed E-state index contributed by atoms with van der Waals surface area (Å²) in [6.45, 7) is 5.65. The molecule has 0 radical (unpaired) electrons. The number of benzene rings is 1. The lowest BCUT2D eigenvalue weighted by atomic mass is 10.2. The highest BCUT2D eigenvalue weighted by Crippen LogP contribution is 2.19. The van der Waals surface area contributed by atoms with E-state index >= 15 is 0 Å². The molecule has 0 aliphatic carbocycles.